The number of rotatable bonds is 6. The Balaban J connectivity index is 1.60. The van der Waals surface area contributed by atoms with Crippen molar-refractivity contribution in [3.05, 3.63) is 78.0 Å². The molecule has 1 atom stereocenters. The van der Waals surface area contributed by atoms with Crippen LogP contribution in [0.3, 0.4) is 0 Å². The lowest BCUT2D eigenvalue weighted by Gasteiger charge is -2.14. The number of hydrogen-bond donors (Lipinski definition) is 1. The van der Waals surface area contributed by atoms with Crippen molar-refractivity contribution >= 4 is 12.0 Å². The van der Waals surface area contributed by atoms with Gasteiger partial charge in [-0.05, 0) is 36.6 Å². The van der Waals surface area contributed by atoms with Gasteiger partial charge in [-0.1, -0.05) is 48.1 Å². The van der Waals surface area contributed by atoms with Gasteiger partial charge in [-0.25, -0.2) is 0 Å². The summed E-state index contributed by atoms with van der Waals surface area (Å²) in [5.74, 6) is 0.736. The van der Waals surface area contributed by atoms with Crippen LogP contribution >= 0.6 is 0 Å². The maximum Gasteiger partial charge on any atom is 0.224 e. The molecule has 0 saturated heterocycles. The van der Waals surface area contributed by atoms with Crippen LogP contribution in [0.2, 0.25) is 0 Å². The van der Waals surface area contributed by atoms with Gasteiger partial charge >= 0.3 is 0 Å². The van der Waals surface area contributed by atoms with Crippen LogP contribution < -0.4 is 5.32 Å². The zero-order valence-electron chi connectivity index (χ0n) is 14.9. The molecule has 2 aromatic heterocycles. The van der Waals surface area contributed by atoms with Crippen LogP contribution in [0.25, 0.3) is 17.2 Å². The van der Waals surface area contributed by atoms with Crippen molar-refractivity contribution in [2.24, 2.45) is 0 Å². The number of benzene rings is 1. The van der Waals surface area contributed by atoms with E-state index in [1.807, 2.05) is 50.2 Å². The lowest BCUT2D eigenvalue weighted by atomic mass is 10.0. The van der Waals surface area contributed by atoms with E-state index >= 15 is 0 Å². The van der Waals surface area contributed by atoms with Crippen molar-refractivity contribution < 1.29 is 9.32 Å². The molecule has 132 valence electrons. The van der Waals surface area contributed by atoms with Gasteiger partial charge in [0.15, 0.2) is 0 Å². The summed E-state index contributed by atoms with van der Waals surface area (Å²) < 4.78 is 5.09. The highest BCUT2D eigenvalue weighted by Crippen LogP contribution is 2.23. The number of nitrogens with zero attached hydrogens (tertiary/aromatic N) is 2. The molecule has 0 aliphatic rings. The first-order chi connectivity index (χ1) is 12.6. The third kappa shape index (κ3) is 4.06. The monoisotopic (exact) mass is 347 g/mol. The van der Waals surface area contributed by atoms with E-state index < -0.39 is 0 Å². The van der Waals surface area contributed by atoms with Crippen molar-refractivity contribution in [2.45, 2.75) is 26.3 Å². The summed E-state index contributed by atoms with van der Waals surface area (Å²) in [6.07, 6.45) is 5.50. The first-order valence-electron chi connectivity index (χ1n) is 8.45. The Bertz CT molecular complexity index is 896. The second kappa shape index (κ2) is 7.78. The minimum atomic E-state index is -0.153. The third-order valence-electron chi connectivity index (χ3n) is 4.25. The maximum atomic E-state index is 12.3. The van der Waals surface area contributed by atoms with Crippen molar-refractivity contribution in [3.8, 4) is 11.1 Å². The Kier molecular flexibility index (Phi) is 5.27. The molecule has 1 amide bonds. The van der Waals surface area contributed by atoms with Crippen LogP contribution in [-0.2, 0) is 11.2 Å². The predicted molar refractivity (Wildman–Crippen MR) is 101 cm³/mol. The SMILES string of the molecule is C=Cc1ccc(C(C)NC(=O)Cc2ccc(-c3cnoc3C)cc2)nc1. The Morgan fingerprint density at radius 3 is 2.58 bits per heavy atom. The summed E-state index contributed by atoms with van der Waals surface area (Å²) >= 11 is 0. The van der Waals surface area contributed by atoms with Gasteiger partial charge in [0.2, 0.25) is 5.91 Å². The van der Waals surface area contributed by atoms with Crippen molar-refractivity contribution in [1.82, 2.24) is 15.5 Å². The molecule has 0 radical (unpaired) electrons. The van der Waals surface area contributed by atoms with Crippen LogP contribution in [0.5, 0.6) is 0 Å². The predicted octanol–water partition coefficient (Wildman–Crippen LogP) is 4.11. The van der Waals surface area contributed by atoms with Gasteiger partial charge < -0.3 is 9.84 Å². The Hall–Kier alpha value is -3.21. The summed E-state index contributed by atoms with van der Waals surface area (Å²) in [6.45, 7) is 7.51. The minimum absolute atomic E-state index is 0.0407. The maximum absolute atomic E-state index is 12.3. The first kappa shape index (κ1) is 17.6. The molecule has 0 bridgehead atoms. The first-order valence-corrected chi connectivity index (χ1v) is 8.45. The average Bonchev–Trinajstić information content (AvgIpc) is 3.08. The van der Waals surface area contributed by atoms with E-state index in [0.717, 1.165) is 33.7 Å². The molecule has 0 aliphatic heterocycles. The highest BCUT2D eigenvalue weighted by Gasteiger charge is 2.12. The number of carbonyl (C=O) groups is 1. The molecule has 26 heavy (non-hydrogen) atoms. The number of hydrogen-bond acceptors (Lipinski definition) is 4. The number of nitrogens with one attached hydrogen (secondary N) is 1. The summed E-state index contributed by atoms with van der Waals surface area (Å²) in [5, 5.41) is 6.77. The number of aryl methyl sites for hydroxylation is 1. The van der Waals surface area contributed by atoms with E-state index in [9.17, 15) is 4.79 Å². The fraction of sp³-hybridized carbons (Fsp3) is 0.190. The van der Waals surface area contributed by atoms with E-state index in [1.54, 1.807) is 18.5 Å². The molecule has 1 unspecified atom stereocenters. The van der Waals surface area contributed by atoms with Gasteiger partial charge in [0.05, 0.1) is 24.4 Å². The molecular weight excluding hydrogens is 326 g/mol. The number of carbonyl (C=O) groups excluding carboxylic acids is 1. The van der Waals surface area contributed by atoms with Gasteiger partial charge in [0, 0.05) is 11.8 Å². The van der Waals surface area contributed by atoms with Crippen LogP contribution in [0.4, 0.5) is 0 Å². The summed E-state index contributed by atoms with van der Waals surface area (Å²) in [5.41, 5.74) is 4.71. The van der Waals surface area contributed by atoms with E-state index in [-0.39, 0.29) is 11.9 Å². The molecule has 0 fully saturated rings. The molecule has 5 nitrogen and oxygen atoms in total. The Morgan fingerprint density at radius 2 is 2.00 bits per heavy atom. The Morgan fingerprint density at radius 1 is 1.23 bits per heavy atom. The van der Waals surface area contributed by atoms with Gasteiger partial charge in [0.25, 0.3) is 0 Å². The number of amides is 1. The lowest BCUT2D eigenvalue weighted by molar-refractivity contribution is -0.121. The second-order valence-electron chi connectivity index (χ2n) is 6.18. The fourth-order valence-electron chi connectivity index (χ4n) is 2.72. The highest BCUT2D eigenvalue weighted by molar-refractivity contribution is 5.79. The van der Waals surface area contributed by atoms with E-state index in [2.05, 4.69) is 22.0 Å². The number of pyridine rings is 1. The van der Waals surface area contributed by atoms with Gasteiger partial charge in [0.1, 0.15) is 5.76 Å². The van der Waals surface area contributed by atoms with E-state index in [1.165, 1.54) is 0 Å². The van der Waals surface area contributed by atoms with E-state index in [4.69, 9.17) is 4.52 Å². The molecule has 3 rings (SSSR count). The fourth-order valence-corrected chi connectivity index (χ4v) is 2.72. The van der Waals surface area contributed by atoms with Crippen molar-refractivity contribution in [3.63, 3.8) is 0 Å². The molecule has 0 aliphatic carbocycles. The minimum Gasteiger partial charge on any atom is -0.361 e. The molecule has 0 saturated carbocycles. The summed E-state index contributed by atoms with van der Waals surface area (Å²) in [7, 11) is 0. The topological polar surface area (TPSA) is 68.0 Å². The van der Waals surface area contributed by atoms with Crippen molar-refractivity contribution in [1.29, 1.82) is 0 Å². The molecule has 1 N–H and O–H groups in total. The Labute approximate surface area is 152 Å². The highest BCUT2D eigenvalue weighted by atomic mass is 16.5. The van der Waals surface area contributed by atoms with Crippen LogP contribution in [0.15, 0.2) is 59.9 Å². The van der Waals surface area contributed by atoms with Gasteiger partial charge in [-0.2, -0.15) is 0 Å². The molecule has 2 heterocycles. The third-order valence-corrected chi connectivity index (χ3v) is 4.25. The second-order valence-corrected chi connectivity index (χ2v) is 6.18. The smallest absolute Gasteiger partial charge is 0.224 e. The molecular formula is C21H21N3O2. The molecule has 0 spiro atoms. The van der Waals surface area contributed by atoms with E-state index in [0.29, 0.717) is 6.42 Å². The normalized spacial score (nSPS) is 11.8. The zero-order valence-corrected chi connectivity index (χ0v) is 14.9. The van der Waals surface area contributed by atoms with Crippen molar-refractivity contribution in [2.75, 3.05) is 0 Å². The van der Waals surface area contributed by atoms with Crippen LogP contribution in [-0.4, -0.2) is 16.0 Å². The molecule has 5 heteroatoms. The number of aromatic nitrogens is 2. The quantitative estimate of drug-likeness (QED) is 0.729. The van der Waals surface area contributed by atoms with Gasteiger partial charge in [-0.15, -0.1) is 0 Å². The summed E-state index contributed by atoms with van der Waals surface area (Å²) in [4.78, 5) is 16.7. The van der Waals surface area contributed by atoms with Crippen LogP contribution in [0, 0.1) is 6.92 Å². The van der Waals surface area contributed by atoms with Crippen LogP contribution in [0.1, 0.15) is 35.5 Å². The van der Waals surface area contributed by atoms with Gasteiger partial charge in [-0.3, -0.25) is 9.78 Å². The standard InChI is InChI=1S/C21H21N3O2/c1-4-16-7-10-20(22-12-16)14(2)24-21(25)11-17-5-8-18(9-6-17)19-13-23-26-15(19)3/h4-10,12-14H,1,11H2,2-3H3,(H,24,25). The molecule has 3 aromatic rings. The summed E-state index contributed by atoms with van der Waals surface area (Å²) in [6, 6.07) is 11.5. The zero-order chi connectivity index (χ0) is 18.5. The lowest BCUT2D eigenvalue weighted by Crippen LogP contribution is -2.28. The average molecular weight is 347 g/mol. The molecule has 1 aromatic carbocycles. The largest absolute Gasteiger partial charge is 0.361 e.